The second-order valence-corrected chi connectivity index (χ2v) is 23.8. The molecule has 12 aromatic rings. The molecule has 0 amide bonds. The number of nitrogens with zero attached hydrogens (tertiary/aromatic N) is 4. The molecule has 16 rings (SSSR count). The van der Waals surface area contributed by atoms with E-state index in [-0.39, 0.29) is 10.8 Å². The fourth-order valence-electron chi connectivity index (χ4n) is 13.6. The lowest BCUT2D eigenvalue weighted by Crippen LogP contribution is -2.31. The quantitative estimate of drug-likeness (QED) is 0.176. The van der Waals surface area contributed by atoms with Crippen LogP contribution in [0.15, 0.2) is 218 Å². The van der Waals surface area contributed by atoms with Crippen molar-refractivity contribution in [2.75, 3.05) is 9.80 Å². The van der Waals surface area contributed by atoms with Crippen LogP contribution in [0, 0.1) is 0 Å². The molecular formula is C69H48N4S2. The normalized spacial score (nSPS) is 15.5. The molecule has 75 heavy (non-hydrogen) atoms. The predicted octanol–water partition coefficient (Wildman–Crippen LogP) is 18.8. The molecule has 4 heterocycles. The number of para-hydroxylation sites is 4. The monoisotopic (exact) mass is 996 g/mol. The van der Waals surface area contributed by atoms with Crippen molar-refractivity contribution in [1.82, 2.24) is 9.97 Å². The summed E-state index contributed by atoms with van der Waals surface area (Å²) in [6, 6.07) is 82.0. The van der Waals surface area contributed by atoms with Crippen LogP contribution < -0.4 is 9.80 Å². The third-order valence-electron chi connectivity index (χ3n) is 17.1. The molecule has 0 radical (unpaired) electrons. The molecule has 10 aromatic carbocycles. The van der Waals surface area contributed by atoms with E-state index in [1.165, 1.54) is 98.9 Å². The van der Waals surface area contributed by atoms with Crippen molar-refractivity contribution in [3.8, 4) is 43.4 Å². The van der Waals surface area contributed by atoms with E-state index in [2.05, 4.69) is 256 Å². The minimum atomic E-state index is -0.591. The predicted molar refractivity (Wildman–Crippen MR) is 314 cm³/mol. The van der Waals surface area contributed by atoms with Crippen molar-refractivity contribution < 1.29 is 0 Å². The first-order valence-electron chi connectivity index (χ1n) is 26.0. The molecule has 2 aromatic heterocycles. The highest BCUT2D eigenvalue weighted by molar-refractivity contribution is 7.22. The molecule has 0 saturated heterocycles. The molecule has 0 N–H and O–H groups in total. The Morgan fingerprint density at radius 3 is 1.15 bits per heavy atom. The summed E-state index contributed by atoms with van der Waals surface area (Å²) in [5.74, 6) is 0. The Labute approximate surface area is 444 Å². The zero-order valence-electron chi connectivity index (χ0n) is 41.9. The van der Waals surface area contributed by atoms with Crippen LogP contribution in [0.2, 0.25) is 0 Å². The maximum Gasteiger partial charge on any atom is 0.124 e. The second kappa shape index (κ2) is 15.3. The van der Waals surface area contributed by atoms with Crippen molar-refractivity contribution in [2.45, 2.75) is 43.9 Å². The number of hydrogen-bond donors (Lipinski definition) is 0. The Hall–Kier alpha value is -8.42. The van der Waals surface area contributed by atoms with Gasteiger partial charge in [0.15, 0.2) is 0 Å². The summed E-state index contributed by atoms with van der Waals surface area (Å²) in [4.78, 5) is 15.3. The van der Waals surface area contributed by atoms with Gasteiger partial charge in [0.05, 0.1) is 48.6 Å². The summed E-state index contributed by atoms with van der Waals surface area (Å²) in [6.45, 7) is 9.52. The summed E-state index contributed by atoms with van der Waals surface area (Å²) >= 11 is 3.53. The van der Waals surface area contributed by atoms with E-state index in [9.17, 15) is 0 Å². The van der Waals surface area contributed by atoms with Crippen molar-refractivity contribution >= 4 is 77.2 Å². The third kappa shape index (κ3) is 5.81. The molecule has 356 valence electrons. The van der Waals surface area contributed by atoms with Gasteiger partial charge in [0, 0.05) is 33.3 Å². The smallest absolute Gasteiger partial charge is 0.124 e. The number of thiazole rings is 2. The summed E-state index contributed by atoms with van der Waals surface area (Å²) in [7, 11) is 0. The maximum absolute atomic E-state index is 5.12. The van der Waals surface area contributed by atoms with Crippen LogP contribution in [0.4, 0.5) is 34.1 Å². The van der Waals surface area contributed by atoms with E-state index in [0.717, 1.165) is 43.6 Å². The number of aromatic nitrogens is 2. The maximum atomic E-state index is 5.12. The van der Waals surface area contributed by atoms with Gasteiger partial charge in [0.1, 0.15) is 10.0 Å². The van der Waals surface area contributed by atoms with E-state index in [1.807, 2.05) is 0 Å². The first kappa shape index (κ1) is 43.0. The van der Waals surface area contributed by atoms with Crippen LogP contribution in [0.5, 0.6) is 0 Å². The van der Waals surface area contributed by atoms with Gasteiger partial charge >= 0.3 is 0 Å². The average molecular weight is 997 g/mol. The highest BCUT2D eigenvalue weighted by Gasteiger charge is 2.52. The zero-order chi connectivity index (χ0) is 50.0. The lowest BCUT2D eigenvalue weighted by Gasteiger charge is -2.42. The molecule has 0 saturated carbocycles. The molecule has 0 atom stereocenters. The first-order valence-corrected chi connectivity index (χ1v) is 27.6. The van der Waals surface area contributed by atoms with E-state index in [0.29, 0.717) is 0 Å². The fourth-order valence-corrected chi connectivity index (χ4v) is 15.5. The Morgan fingerprint density at radius 2 is 0.693 bits per heavy atom. The first-order chi connectivity index (χ1) is 36.7. The summed E-state index contributed by atoms with van der Waals surface area (Å²) < 4.78 is 2.41. The van der Waals surface area contributed by atoms with Crippen molar-refractivity contribution in [2.24, 2.45) is 0 Å². The summed E-state index contributed by atoms with van der Waals surface area (Å²) in [5, 5.41) is 2.09. The molecular weight excluding hydrogens is 949 g/mol. The SMILES string of the molecule is CC1(C)c2ccccc2N(c2ccc3c(c2)C2(c4ccccc4-c4ccccc42)c2cc(N4c5ccccc5C(C)(C)c5cc(-c6nc7ccccc7s6)ccc54)ccc2-3)c2ccc(-c3nc4ccccc4s3)cc21. The topological polar surface area (TPSA) is 32.3 Å². The van der Waals surface area contributed by atoms with Crippen LogP contribution in [-0.4, -0.2) is 9.97 Å². The van der Waals surface area contributed by atoms with Gasteiger partial charge in [-0.25, -0.2) is 9.97 Å². The Balaban J connectivity index is 0.902. The standard InChI is InChI=1S/C69H48N4S2/c1-67(2)51-21-9-13-25-59(51)72(61-35-29-41(37-55(61)67)65-70-57-23-11-15-27-63(57)74-65)43-31-33-47-48-34-32-44(40-54(48)69(53(47)39-43)49-19-7-5-17-45(49)46-18-6-8-20-50(46)69)73-60-26-14-10-22-52(60)68(3,4)56-38-42(30-36-62(56)73)66-71-58-24-12-16-28-64(58)75-66/h5-40H,1-4H3. The molecule has 2 aliphatic carbocycles. The van der Waals surface area contributed by atoms with Gasteiger partial charge < -0.3 is 9.80 Å². The van der Waals surface area contributed by atoms with E-state index < -0.39 is 5.41 Å². The molecule has 0 bridgehead atoms. The van der Waals surface area contributed by atoms with Gasteiger partial charge in [-0.2, -0.15) is 0 Å². The molecule has 1 spiro atoms. The Bertz CT molecular complexity index is 4070. The minimum Gasteiger partial charge on any atom is -0.310 e. The molecule has 4 nitrogen and oxygen atoms in total. The van der Waals surface area contributed by atoms with Gasteiger partial charge in [-0.1, -0.05) is 149 Å². The molecule has 0 fully saturated rings. The third-order valence-corrected chi connectivity index (χ3v) is 19.3. The zero-order valence-corrected chi connectivity index (χ0v) is 43.5. The van der Waals surface area contributed by atoms with E-state index >= 15 is 0 Å². The van der Waals surface area contributed by atoms with Crippen molar-refractivity contribution in [3.05, 3.63) is 263 Å². The highest BCUT2D eigenvalue weighted by Crippen LogP contribution is 2.65. The molecule has 4 aliphatic rings. The second-order valence-electron chi connectivity index (χ2n) is 21.7. The largest absolute Gasteiger partial charge is 0.310 e. The lowest BCUT2D eigenvalue weighted by atomic mass is 9.70. The molecule has 6 heteroatoms. The number of fused-ring (bicyclic) bond motifs is 16. The van der Waals surface area contributed by atoms with Crippen molar-refractivity contribution in [3.63, 3.8) is 0 Å². The molecule has 2 aliphatic heterocycles. The minimum absolute atomic E-state index is 0.263. The number of rotatable bonds is 4. The van der Waals surface area contributed by atoms with Crippen LogP contribution in [0.1, 0.15) is 72.2 Å². The molecule has 0 unspecified atom stereocenters. The van der Waals surface area contributed by atoms with Gasteiger partial charge in [-0.05, 0) is 164 Å². The average Bonchev–Trinajstić information content (AvgIpc) is 4.27. The summed E-state index contributed by atoms with van der Waals surface area (Å²) in [5.41, 5.74) is 25.9. The van der Waals surface area contributed by atoms with E-state index in [1.54, 1.807) is 22.7 Å². The van der Waals surface area contributed by atoms with Crippen LogP contribution >= 0.6 is 22.7 Å². The van der Waals surface area contributed by atoms with Crippen LogP contribution in [-0.2, 0) is 16.2 Å². The number of anilines is 6. The highest BCUT2D eigenvalue weighted by atomic mass is 32.1. The Morgan fingerprint density at radius 1 is 0.320 bits per heavy atom. The van der Waals surface area contributed by atoms with Gasteiger partial charge in [-0.15, -0.1) is 22.7 Å². The van der Waals surface area contributed by atoms with Crippen LogP contribution in [0.3, 0.4) is 0 Å². The Kier molecular flexibility index (Phi) is 8.79. The van der Waals surface area contributed by atoms with Gasteiger partial charge in [0.25, 0.3) is 0 Å². The fraction of sp³-hybridized carbons (Fsp3) is 0.101. The van der Waals surface area contributed by atoms with Gasteiger partial charge in [-0.3, -0.25) is 0 Å². The number of hydrogen-bond acceptors (Lipinski definition) is 6. The lowest BCUT2D eigenvalue weighted by molar-refractivity contribution is 0.632. The van der Waals surface area contributed by atoms with Crippen LogP contribution in [0.25, 0.3) is 63.8 Å². The van der Waals surface area contributed by atoms with Crippen molar-refractivity contribution in [1.29, 1.82) is 0 Å². The van der Waals surface area contributed by atoms with E-state index in [4.69, 9.17) is 9.97 Å². The number of benzene rings is 10. The summed E-state index contributed by atoms with van der Waals surface area (Å²) in [6.07, 6.45) is 0. The van der Waals surface area contributed by atoms with Gasteiger partial charge in [0.2, 0.25) is 0 Å².